The van der Waals surface area contributed by atoms with Crippen LogP contribution in [-0.2, 0) is 0 Å². The van der Waals surface area contributed by atoms with Gasteiger partial charge in [-0.05, 0) is 34.2 Å². The van der Waals surface area contributed by atoms with Crippen LogP contribution in [0.5, 0.6) is 0 Å². The highest BCUT2D eigenvalue weighted by Crippen LogP contribution is 2.20. The van der Waals surface area contributed by atoms with E-state index in [1.807, 2.05) is 0 Å². The zero-order chi connectivity index (χ0) is 10.6. The summed E-state index contributed by atoms with van der Waals surface area (Å²) in [5.41, 5.74) is 5.75. The molecule has 0 saturated heterocycles. The van der Waals surface area contributed by atoms with E-state index in [0.29, 0.717) is 11.0 Å². The normalized spacial score (nSPS) is 14.6. The van der Waals surface area contributed by atoms with E-state index in [2.05, 4.69) is 39.6 Å². The number of thiocarbonyl (C=S) groups is 1. The van der Waals surface area contributed by atoms with E-state index in [-0.39, 0.29) is 5.54 Å². The Hall–Kier alpha value is -0.150. The summed E-state index contributed by atoms with van der Waals surface area (Å²) < 4.78 is 0. The first-order chi connectivity index (χ1) is 5.81. The molecule has 0 bridgehead atoms. The number of nitrogens with zero attached hydrogens (tertiary/aromatic N) is 1. The molecule has 0 fully saturated rings. The second-order valence-corrected chi connectivity index (χ2v) is 4.82. The minimum Gasteiger partial charge on any atom is -0.393 e. The summed E-state index contributed by atoms with van der Waals surface area (Å²) in [5, 5.41) is 0. The molecule has 0 spiro atoms. The van der Waals surface area contributed by atoms with Crippen LogP contribution in [0, 0.1) is 0 Å². The van der Waals surface area contributed by atoms with Crippen molar-refractivity contribution in [3.8, 4) is 0 Å². The van der Waals surface area contributed by atoms with Gasteiger partial charge in [0.2, 0.25) is 0 Å². The average molecular weight is 202 g/mol. The lowest BCUT2D eigenvalue weighted by molar-refractivity contribution is 0.109. The fourth-order valence-corrected chi connectivity index (χ4v) is 1.52. The second-order valence-electron chi connectivity index (χ2n) is 4.30. The Balaban J connectivity index is 4.24. The lowest BCUT2D eigenvalue weighted by Gasteiger charge is -2.39. The maximum Gasteiger partial charge on any atom is 0.0742 e. The third-order valence-corrected chi connectivity index (χ3v) is 3.14. The molecule has 3 heteroatoms. The SMILES string of the molecule is CCC(C)(C)N(C)C(C)CC(N)=S. The van der Waals surface area contributed by atoms with Gasteiger partial charge < -0.3 is 5.73 Å². The lowest BCUT2D eigenvalue weighted by atomic mass is 9.97. The molecule has 0 rings (SSSR count). The molecule has 0 aromatic carbocycles. The highest BCUT2D eigenvalue weighted by molar-refractivity contribution is 7.80. The standard InChI is InChI=1S/C10H22N2S/c1-6-10(3,4)12(5)8(2)7-9(11)13/h8H,6-7H2,1-5H3,(H2,11,13). The van der Waals surface area contributed by atoms with E-state index in [4.69, 9.17) is 18.0 Å². The zero-order valence-corrected chi connectivity index (χ0v) is 10.2. The first-order valence-corrected chi connectivity index (χ1v) is 5.23. The average Bonchev–Trinajstić information content (AvgIpc) is 2.01. The van der Waals surface area contributed by atoms with Crippen LogP contribution in [0.25, 0.3) is 0 Å². The Kier molecular flexibility index (Phi) is 4.86. The molecule has 78 valence electrons. The van der Waals surface area contributed by atoms with Gasteiger partial charge in [-0.1, -0.05) is 19.1 Å². The van der Waals surface area contributed by atoms with E-state index < -0.39 is 0 Å². The highest BCUT2D eigenvalue weighted by atomic mass is 32.1. The van der Waals surface area contributed by atoms with Crippen LogP contribution in [0.2, 0.25) is 0 Å². The van der Waals surface area contributed by atoms with Crippen molar-refractivity contribution in [1.29, 1.82) is 0 Å². The third kappa shape index (κ3) is 4.05. The summed E-state index contributed by atoms with van der Waals surface area (Å²) in [6.07, 6.45) is 1.93. The van der Waals surface area contributed by atoms with Crippen LogP contribution in [-0.4, -0.2) is 28.5 Å². The summed E-state index contributed by atoms with van der Waals surface area (Å²) in [7, 11) is 2.13. The van der Waals surface area contributed by atoms with Crippen molar-refractivity contribution in [2.75, 3.05) is 7.05 Å². The van der Waals surface area contributed by atoms with Crippen LogP contribution >= 0.6 is 12.2 Å². The predicted octanol–water partition coefficient (Wildman–Crippen LogP) is 2.17. The molecule has 0 heterocycles. The Morgan fingerprint density at radius 1 is 1.54 bits per heavy atom. The first-order valence-electron chi connectivity index (χ1n) is 4.82. The maximum absolute atomic E-state index is 5.52. The molecule has 1 atom stereocenters. The van der Waals surface area contributed by atoms with Crippen molar-refractivity contribution in [2.45, 2.75) is 52.1 Å². The van der Waals surface area contributed by atoms with E-state index >= 15 is 0 Å². The molecule has 2 N–H and O–H groups in total. The van der Waals surface area contributed by atoms with Crippen LogP contribution in [0.1, 0.15) is 40.5 Å². The van der Waals surface area contributed by atoms with Gasteiger partial charge >= 0.3 is 0 Å². The zero-order valence-electron chi connectivity index (χ0n) is 9.42. The molecular weight excluding hydrogens is 180 g/mol. The summed E-state index contributed by atoms with van der Waals surface area (Å²) >= 11 is 4.90. The monoisotopic (exact) mass is 202 g/mol. The number of hydrogen-bond acceptors (Lipinski definition) is 2. The first kappa shape index (κ1) is 12.8. The van der Waals surface area contributed by atoms with Gasteiger partial charge in [0.1, 0.15) is 0 Å². The summed E-state index contributed by atoms with van der Waals surface area (Å²) in [5.74, 6) is 0. The van der Waals surface area contributed by atoms with E-state index in [9.17, 15) is 0 Å². The Labute approximate surface area is 87.5 Å². The number of nitrogens with two attached hydrogens (primary N) is 1. The van der Waals surface area contributed by atoms with Gasteiger partial charge in [0.05, 0.1) is 4.99 Å². The van der Waals surface area contributed by atoms with Crippen molar-refractivity contribution in [3.05, 3.63) is 0 Å². The molecule has 0 saturated carbocycles. The van der Waals surface area contributed by atoms with Crippen molar-refractivity contribution in [2.24, 2.45) is 5.73 Å². The fourth-order valence-electron chi connectivity index (χ4n) is 1.27. The van der Waals surface area contributed by atoms with Crippen molar-refractivity contribution in [1.82, 2.24) is 4.90 Å². The third-order valence-electron chi connectivity index (χ3n) is 2.98. The molecule has 0 aromatic heterocycles. The molecule has 1 unspecified atom stereocenters. The Bertz CT molecular complexity index is 178. The fraction of sp³-hybridized carbons (Fsp3) is 0.900. The lowest BCUT2D eigenvalue weighted by Crippen LogP contribution is -2.46. The van der Waals surface area contributed by atoms with Gasteiger partial charge in [0.15, 0.2) is 0 Å². The molecule has 2 nitrogen and oxygen atoms in total. The quantitative estimate of drug-likeness (QED) is 0.693. The van der Waals surface area contributed by atoms with Gasteiger partial charge in [0, 0.05) is 18.0 Å². The Morgan fingerprint density at radius 3 is 2.31 bits per heavy atom. The molecule has 0 radical (unpaired) electrons. The van der Waals surface area contributed by atoms with Crippen LogP contribution in [0.3, 0.4) is 0 Å². The van der Waals surface area contributed by atoms with Crippen LogP contribution in [0.4, 0.5) is 0 Å². The summed E-state index contributed by atoms with van der Waals surface area (Å²) in [6, 6.07) is 0.424. The molecule has 0 amide bonds. The van der Waals surface area contributed by atoms with Crippen LogP contribution < -0.4 is 5.73 Å². The van der Waals surface area contributed by atoms with Gasteiger partial charge in [-0.15, -0.1) is 0 Å². The van der Waals surface area contributed by atoms with Crippen molar-refractivity contribution >= 4 is 17.2 Å². The molecule has 0 aliphatic carbocycles. The van der Waals surface area contributed by atoms with Crippen LogP contribution in [0.15, 0.2) is 0 Å². The molecule has 13 heavy (non-hydrogen) atoms. The number of hydrogen-bond donors (Lipinski definition) is 1. The predicted molar refractivity (Wildman–Crippen MR) is 63.0 cm³/mol. The molecule has 0 aliphatic heterocycles. The van der Waals surface area contributed by atoms with E-state index in [1.165, 1.54) is 0 Å². The summed E-state index contributed by atoms with van der Waals surface area (Å²) in [6.45, 7) is 8.84. The maximum atomic E-state index is 5.52. The van der Waals surface area contributed by atoms with E-state index in [0.717, 1.165) is 12.8 Å². The van der Waals surface area contributed by atoms with Crippen molar-refractivity contribution < 1.29 is 0 Å². The van der Waals surface area contributed by atoms with Gasteiger partial charge in [-0.25, -0.2) is 0 Å². The summed E-state index contributed by atoms with van der Waals surface area (Å²) in [4.78, 5) is 2.94. The highest BCUT2D eigenvalue weighted by Gasteiger charge is 2.25. The topological polar surface area (TPSA) is 29.3 Å². The van der Waals surface area contributed by atoms with Gasteiger partial charge in [0.25, 0.3) is 0 Å². The smallest absolute Gasteiger partial charge is 0.0742 e. The molecule has 0 aliphatic rings. The minimum absolute atomic E-state index is 0.226. The largest absolute Gasteiger partial charge is 0.393 e. The van der Waals surface area contributed by atoms with Gasteiger partial charge in [-0.2, -0.15) is 0 Å². The van der Waals surface area contributed by atoms with E-state index in [1.54, 1.807) is 0 Å². The molecular formula is C10H22N2S. The van der Waals surface area contributed by atoms with Crippen molar-refractivity contribution in [3.63, 3.8) is 0 Å². The minimum atomic E-state index is 0.226. The second kappa shape index (κ2) is 4.91. The molecule has 0 aromatic rings. The number of rotatable bonds is 5. The Morgan fingerprint density at radius 2 is 2.00 bits per heavy atom. The van der Waals surface area contributed by atoms with Gasteiger partial charge in [-0.3, -0.25) is 4.90 Å².